The quantitative estimate of drug-likeness (QED) is 0.338. The Morgan fingerprint density at radius 2 is 1.93 bits per heavy atom. The predicted octanol–water partition coefficient (Wildman–Crippen LogP) is 4.97. The Balaban J connectivity index is 1.85. The van der Waals surface area contributed by atoms with Gasteiger partial charge in [0.1, 0.15) is 11.6 Å². The fraction of sp³-hybridized carbons (Fsp3) is 0.273. The van der Waals surface area contributed by atoms with Crippen molar-refractivity contribution in [1.29, 1.82) is 5.26 Å². The van der Waals surface area contributed by atoms with Crippen LogP contribution in [0.3, 0.4) is 0 Å². The first-order chi connectivity index (χ1) is 13.1. The molecule has 0 atom stereocenters. The maximum atomic E-state index is 12.3. The molecule has 0 bridgehead atoms. The molecule has 0 heterocycles. The van der Waals surface area contributed by atoms with E-state index < -0.39 is 5.91 Å². The number of carbonyl (C=O) groups excluding carboxylic acids is 1. The highest BCUT2D eigenvalue weighted by atomic mass is 79.9. The maximum Gasteiger partial charge on any atom is 0.267 e. The van der Waals surface area contributed by atoms with Gasteiger partial charge in [0, 0.05) is 22.9 Å². The van der Waals surface area contributed by atoms with Gasteiger partial charge in [0.2, 0.25) is 0 Å². The lowest BCUT2D eigenvalue weighted by Crippen LogP contribution is -2.18. The number of nitrogens with one attached hydrogen (secondary N) is 2. The molecule has 0 fully saturated rings. The van der Waals surface area contributed by atoms with Crippen LogP contribution in [0.5, 0.6) is 0 Å². The van der Waals surface area contributed by atoms with Crippen molar-refractivity contribution in [1.82, 2.24) is 5.32 Å². The van der Waals surface area contributed by atoms with E-state index in [2.05, 4.69) is 33.5 Å². The van der Waals surface area contributed by atoms with Crippen LogP contribution in [0.1, 0.15) is 30.9 Å². The van der Waals surface area contributed by atoms with Gasteiger partial charge in [-0.1, -0.05) is 53.5 Å². The molecule has 2 aromatic carbocycles. The van der Waals surface area contributed by atoms with Crippen LogP contribution in [-0.4, -0.2) is 12.5 Å². The summed E-state index contributed by atoms with van der Waals surface area (Å²) in [6, 6.07) is 17.8. The van der Waals surface area contributed by atoms with Gasteiger partial charge in [-0.05, 0) is 54.7 Å². The summed E-state index contributed by atoms with van der Waals surface area (Å²) in [6.45, 7) is 2.80. The van der Waals surface area contributed by atoms with Crippen LogP contribution < -0.4 is 10.6 Å². The number of nitriles is 1. The molecule has 0 spiro atoms. The van der Waals surface area contributed by atoms with Crippen molar-refractivity contribution in [2.45, 2.75) is 32.6 Å². The van der Waals surface area contributed by atoms with E-state index in [0.29, 0.717) is 12.2 Å². The number of carbonyl (C=O) groups is 1. The number of amides is 1. The van der Waals surface area contributed by atoms with Crippen molar-refractivity contribution in [3.8, 4) is 6.07 Å². The summed E-state index contributed by atoms with van der Waals surface area (Å²) < 4.78 is 1.04. The predicted molar refractivity (Wildman–Crippen MR) is 113 cm³/mol. The van der Waals surface area contributed by atoms with Gasteiger partial charge in [-0.2, -0.15) is 5.26 Å². The Hall–Kier alpha value is -2.58. The van der Waals surface area contributed by atoms with E-state index in [1.54, 1.807) is 0 Å². The average Bonchev–Trinajstić information content (AvgIpc) is 2.67. The fourth-order valence-electron chi connectivity index (χ4n) is 2.57. The molecule has 0 unspecified atom stereocenters. The van der Waals surface area contributed by atoms with Crippen LogP contribution in [-0.2, 0) is 17.6 Å². The van der Waals surface area contributed by atoms with E-state index in [0.717, 1.165) is 30.2 Å². The summed E-state index contributed by atoms with van der Waals surface area (Å²) in [5, 5.41) is 15.1. The molecule has 0 aromatic heterocycles. The number of hydrogen-bond donors (Lipinski definition) is 2. The number of unbranched alkanes of at least 4 members (excludes halogenated alkanes) is 1. The van der Waals surface area contributed by atoms with Gasteiger partial charge in [-0.3, -0.25) is 4.79 Å². The summed E-state index contributed by atoms with van der Waals surface area (Å²) in [6.07, 6.45) is 5.62. The number of nitrogens with zero attached hydrogens (tertiary/aromatic N) is 1. The lowest BCUT2D eigenvalue weighted by atomic mass is 10.1. The Morgan fingerprint density at radius 1 is 1.15 bits per heavy atom. The smallest absolute Gasteiger partial charge is 0.267 e. The molecule has 1 amide bonds. The molecular formula is C22H24BrN3O. The van der Waals surface area contributed by atoms with E-state index in [1.165, 1.54) is 17.3 Å². The third-order valence-corrected chi connectivity index (χ3v) is 4.58. The molecule has 4 nitrogen and oxygen atoms in total. The highest BCUT2D eigenvalue weighted by Gasteiger charge is 2.09. The minimum Gasteiger partial charge on any atom is -0.389 e. The molecule has 2 N–H and O–H groups in total. The van der Waals surface area contributed by atoms with E-state index >= 15 is 0 Å². The lowest BCUT2D eigenvalue weighted by molar-refractivity contribution is -0.112. The molecule has 0 aliphatic carbocycles. The normalized spacial score (nSPS) is 10.9. The van der Waals surface area contributed by atoms with E-state index in [4.69, 9.17) is 0 Å². The van der Waals surface area contributed by atoms with Crippen molar-refractivity contribution >= 4 is 27.5 Å². The van der Waals surface area contributed by atoms with Crippen LogP contribution in [0, 0.1) is 11.3 Å². The molecule has 0 aliphatic heterocycles. The Kier molecular flexibility index (Phi) is 8.60. The summed E-state index contributed by atoms with van der Waals surface area (Å²) in [4.78, 5) is 12.3. The fourth-order valence-corrected chi connectivity index (χ4v) is 3.01. The van der Waals surface area contributed by atoms with Crippen molar-refractivity contribution in [3.05, 3.63) is 75.9 Å². The second-order valence-electron chi connectivity index (χ2n) is 6.26. The van der Waals surface area contributed by atoms with Gasteiger partial charge in [0.25, 0.3) is 5.91 Å². The van der Waals surface area contributed by atoms with Crippen LogP contribution in [0.25, 0.3) is 0 Å². The number of hydrogen-bond acceptors (Lipinski definition) is 3. The Morgan fingerprint density at radius 3 is 2.59 bits per heavy atom. The van der Waals surface area contributed by atoms with Crippen molar-refractivity contribution in [2.24, 2.45) is 0 Å². The van der Waals surface area contributed by atoms with Crippen molar-refractivity contribution < 1.29 is 4.79 Å². The van der Waals surface area contributed by atoms with Gasteiger partial charge in [-0.15, -0.1) is 0 Å². The summed E-state index contributed by atoms with van der Waals surface area (Å²) in [5.41, 5.74) is 3.17. The standard InChI is InChI=1S/C22H24BrN3O/c1-2-3-5-17-8-10-21(11-9-17)26-22(27)19(15-24)16-25-13-12-18-6-4-7-20(23)14-18/h4,6-11,14,16,25H,2-3,5,12-13H2,1H3,(H,26,27)/b19-16-. The van der Waals surface area contributed by atoms with Gasteiger partial charge < -0.3 is 10.6 Å². The molecule has 0 aliphatic rings. The lowest BCUT2D eigenvalue weighted by Gasteiger charge is -2.07. The van der Waals surface area contributed by atoms with Crippen LogP contribution >= 0.6 is 15.9 Å². The van der Waals surface area contributed by atoms with Gasteiger partial charge in [0.05, 0.1) is 0 Å². The summed E-state index contributed by atoms with van der Waals surface area (Å²) in [5.74, 6) is -0.409. The molecule has 0 saturated heterocycles. The van der Waals surface area contributed by atoms with Crippen molar-refractivity contribution in [2.75, 3.05) is 11.9 Å². The third-order valence-electron chi connectivity index (χ3n) is 4.09. The average molecular weight is 426 g/mol. The van der Waals surface area contributed by atoms with Crippen LogP contribution in [0.4, 0.5) is 5.69 Å². The minimum absolute atomic E-state index is 0.0549. The topological polar surface area (TPSA) is 64.9 Å². The van der Waals surface area contributed by atoms with Crippen molar-refractivity contribution in [3.63, 3.8) is 0 Å². The second-order valence-corrected chi connectivity index (χ2v) is 7.17. The third kappa shape index (κ3) is 7.28. The molecular weight excluding hydrogens is 402 g/mol. The molecule has 2 aromatic rings. The number of anilines is 1. The number of aryl methyl sites for hydroxylation is 1. The van der Waals surface area contributed by atoms with Crippen LogP contribution in [0.15, 0.2) is 64.8 Å². The monoisotopic (exact) mass is 425 g/mol. The molecule has 140 valence electrons. The molecule has 27 heavy (non-hydrogen) atoms. The first-order valence-electron chi connectivity index (χ1n) is 9.10. The maximum absolute atomic E-state index is 12.3. The zero-order chi connectivity index (χ0) is 19.5. The second kappa shape index (κ2) is 11.2. The van der Waals surface area contributed by atoms with Crippen LogP contribution in [0.2, 0.25) is 0 Å². The number of halogens is 1. The number of rotatable bonds is 9. The molecule has 0 radical (unpaired) electrons. The van der Waals surface area contributed by atoms with E-state index in [-0.39, 0.29) is 5.57 Å². The molecule has 0 saturated carbocycles. The van der Waals surface area contributed by atoms with Gasteiger partial charge in [0.15, 0.2) is 0 Å². The highest BCUT2D eigenvalue weighted by Crippen LogP contribution is 2.13. The molecule has 2 rings (SSSR count). The first kappa shape index (κ1) is 20.7. The zero-order valence-electron chi connectivity index (χ0n) is 15.5. The Labute approximate surface area is 169 Å². The van der Waals surface area contributed by atoms with Gasteiger partial charge in [-0.25, -0.2) is 0 Å². The van der Waals surface area contributed by atoms with E-state index in [9.17, 15) is 10.1 Å². The number of benzene rings is 2. The summed E-state index contributed by atoms with van der Waals surface area (Å²) in [7, 11) is 0. The van der Waals surface area contributed by atoms with E-state index in [1.807, 2.05) is 54.6 Å². The highest BCUT2D eigenvalue weighted by molar-refractivity contribution is 9.10. The Bertz CT molecular complexity index is 822. The SMILES string of the molecule is CCCCc1ccc(NC(=O)/C(C#N)=C\NCCc2cccc(Br)c2)cc1. The zero-order valence-corrected chi connectivity index (χ0v) is 17.1. The summed E-state index contributed by atoms with van der Waals surface area (Å²) >= 11 is 3.44. The largest absolute Gasteiger partial charge is 0.389 e. The first-order valence-corrected chi connectivity index (χ1v) is 9.90. The molecule has 5 heteroatoms. The minimum atomic E-state index is -0.409. The van der Waals surface area contributed by atoms with Gasteiger partial charge >= 0.3 is 0 Å².